The van der Waals surface area contributed by atoms with Crippen molar-refractivity contribution in [3.05, 3.63) is 0 Å². The van der Waals surface area contributed by atoms with E-state index in [9.17, 15) is 14.7 Å². The Kier molecular flexibility index (Phi) is 4.31. The summed E-state index contributed by atoms with van der Waals surface area (Å²) in [6.45, 7) is 2.05. The zero-order valence-corrected chi connectivity index (χ0v) is 13.0. The lowest BCUT2D eigenvalue weighted by Gasteiger charge is -2.30. The molecular weight excluding hydrogens is 292 g/mol. The molecule has 6 nitrogen and oxygen atoms in total. The summed E-state index contributed by atoms with van der Waals surface area (Å²) in [5, 5.41) is 12.3. The van der Waals surface area contributed by atoms with E-state index in [1.54, 1.807) is 11.8 Å². The maximum absolute atomic E-state index is 12.6. The number of carbonyl (C=O) groups is 2. The Morgan fingerprint density at radius 3 is 2.81 bits per heavy atom. The maximum Gasteiger partial charge on any atom is 0.327 e. The molecule has 0 radical (unpaired) electrons. The number of hydrogen-bond donors (Lipinski definition) is 2. The third kappa shape index (κ3) is 2.85. The van der Waals surface area contributed by atoms with E-state index in [1.807, 2.05) is 0 Å². The summed E-state index contributed by atoms with van der Waals surface area (Å²) in [4.78, 5) is 25.5. The Morgan fingerprint density at radius 1 is 1.43 bits per heavy atom. The fourth-order valence-corrected chi connectivity index (χ4v) is 5.03. The molecule has 3 rings (SSSR count). The molecule has 3 heterocycles. The first-order valence-electron chi connectivity index (χ1n) is 7.68. The van der Waals surface area contributed by atoms with Crippen molar-refractivity contribution in [3.63, 3.8) is 0 Å². The minimum absolute atomic E-state index is 0.0318. The molecule has 0 saturated carbocycles. The highest BCUT2D eigenvalue weighted by molar-refractivity contribution is 8.00. The van der Waals surface area contributed by atoms with Gasteiger partial charge in [0.1, 0.15) is 6.04 Å². The number of nitrogens with one attached hydrogen (secondary N) is 1. The van der Waals surface area contributed by atoms with Crippen LogP contribution in [-0.2, 0) is 9.53 Å². The van der Waals surface area contributed by atoms with Crippen molar-refractivity contribution >= 4 is 23.8 Å². The third-order valence-electron chi connectivity index (χ3n) is 4.56. The topological polar surface area (TPSA) is 78.9 Å². The van der Waals surface area contributed by atoms with Crippen LogP contribution in [0.2, 0.25) is 0 Å². The molecule has 21 heavy (non-hydrogen) atoms. The van der Waals surface area contributed by atoms with Gasteiger partial charge >= 0.3 is 12.0 Å². The second-order valence-electron chi connectivity index (χ2n) is 6.00. The molecule has 0 aromatic heterocycles. The highest BCUT2D eigenvalue weighted by Gasteiger charge is 2.45. The first kappa shape index (κ1) is 15.0. The molecule has 3 saturated heterocycles. The number of amides is 2. The summed E-state index contributed by atoms with van der Waals surface area (Å²) in [6, 6.07) is -0.920. The Balaban J connectivity index is 1.66. The minimum atomic E-state index is -0.916. The predicted molar refractivity (Wildman–Crippen MR) is 79.2 cm³/mol. The number of nitrogens with zero attached hydrogens (tertiary/aromatic N) is 1. The first-order chi connectivity index (χ1) is 10.1. The van der Waals surface area contributed by atoms with E-state index in [-0.39, 0.29) is 29.7 Å². The lowest BCUT2D eigenvalue weighted by molar-refractivity contribution is -0.141. The van der Waals surface area contributed by atoms with Gasteiger partial charge in [0.05, 0.1) is 23.6 Å². The largest absolute Gasteiger partial charge is 0.480 e. The van der Waals surface area contributed by atoms with Gasteiger partial charge in [-0.1, -0.05) is 13.3 Å². The highest BCUT2D eigenvalue weighted by Crippen LogP contribution is 2.36. The Morgan fingerprint density at radius 2 is 2.24 bits per heavy atom. The molecule has 7 heteroatoms. The summed E-state index contributed by atoms with van der Waals surface area (Å²) in [6.07, 6.45) is 5.07. The summed E-state index contributed by atoms with van der Waals surface area (Å²) in [7, 11) is 0. The van der Waals surface area contributed by atoms with Gasteiger partial charge in [-0.3, -0.25) is 4.90 Å². The van der Waals surface area contributed by atoms with Gasteiger partial charge in [0.15, 0.2) is 0 Å². The standard InChI is InChI=1S/C14H22N2O4S/c1-2-3-12-16(10(7-21-12)13(17)18)14(19)15-9-6-8-4-5-11(9)20-8/h8-12H,2-7H2,1H3,(H,15,19)(H,17,18). The van der Waals surface area contributed by atoms with Crippen molar-refractivity contribution in [2.24, 2.45) is 0 Å². The maximum atomic E-state index is 12.6. The summed E-state index contributed by atoms with van der Waals surface area (Å²) < 4.78 is 5.74. The van der Waals surface area contributed by atoms with Crippen LogP contribution in [-0.4, -0.2) is 57.4 Å². The molecule has 3 fully saturated rings. The van der Waals surface area contributed by atoms with Crippen LogP contribution >= 0.6 is 11.8 Å². The molecule has 3 aliphatic rings. The molecule has 3 aliphatic heterocycles. The second kappa shape index (κ2) is 6.04. The van der Waals surface area contributed by atoms with E-state index in [4.69, 9.17) is 4.74 Å². The van der Waals surface area contributed by atoms with Crippen LogP contribution in [0.3, 0.4) is 0 Å². The monoisotopic (exact) mass is 314 g/mol. The predicted octanol–water partition coefficient (Wildman–Crippen LogP) is 1.64. The minimum Gasteiger partial charge on any atom is -0.480 e. The van der Waals surface area contributed by atoms with Crippen LogP contribution in [0.25, 0.3) is 0 Å². The van der Waals surface area contributed by atoms with Crippen LogP contribution in [0, 0.1) is 0 Å². The molecule has 0 aromatic rings. The van der Waals surface area contributed by atoms with Gasteiger partial charge in [0.2, 0.25) is 0 Å². The smallest absolute Gasteiger partial charge is 0.327 e. The first-order valence-corrected chi connectivity index (χ1v) is 8.73. The van der Waals surface area contributed by atoms with E-state index in [0.717, 1.165) is 32.1 Å². The molecule has 0 aliphatic carbocycles. The SMILES string of the molecule is CCCC1SCC(C(=O)O)N1C(=O)NC1CC2CCC1O2. The van der Waals surface area contributed by atoms with Gasteiger partial charge in [-0.15, -0.1) is 11.8 Å². The van der Waals surface area contributed by atoms with E-state index in [1.165, 1.54) is 4.90 Å². The average Bonchev–Trinajstić information content (AvgIpc) is 3.12. The number of carbonyl (C=O) groups excluding carboxylic acids is 1. The quantitative estimate of drug-likeness (QED) is 0.825. The zero-order valence-electron chi connectivity index (χ0n) is 12.2. The van der Waals surface area contributed by atoms with E-state index < -0.39 is 12.0 Å². The number of aliphatic carboxylic acids is 1. The molecule has 0 spiro atoms. The fraction of sp³-hybridized carbons (Fsp3) is 0.857. The molecule has 118 valence electrons. The average molecular weight is 314 g/mol. The summed E-state index contributed by atoms with van der Waals surface area (Å²) >= 11 is 1.57. The van der Waals surface area contributed by atoms with Crippen molar-refractivity contribution in [2.75, 3.05) is 5.75 Å². The molecule has 2 amide bonds. The number of thioether (sulfide) groups is 1. The van der Waals surface area contributed by atoms with Gasteiger partial charge in [-0.2, -0.15) is 0 Å². The summed E-state index contributed by atoms with van der Waals surface area (Å²) in [5.41, 5.74) is 0. The number of ether oxygens (including phenoxy) is 1. The van der Waals surface area contributed by atoms with Crippen LogP contribution in [0.1, 0.15) is 39.0 Å². The molecule has 0 aromatic carbocycles. The Labute approximate surface area is 128 Å². The Bertz CT molecular complexity index is 433. The molecule has 5 atom stereocenters. The molecule has 2 N–H and O–H groups in total. The molecular formula is C14H22N2O4S. The van der Waals surface area contributed by atoms with Crippen LogP contribution in [0.5, 0.6) is 0 Å². The lowest BCUT2D eigenvalue weighted by Crippen LogP contribution is -2.54. The fourth-order valence-electron chi connectivity index (χ4n) is 3.52. The van der Waals surface area contributed by atoms with Gasteiger partial charge in [-0.05, 0) is 25.7 Å². The van der Waals surface area contributed by atoms with E-state index in [2.05, 4.69) is 12.2 Å². The Hall–Kier alpha value is -0.950. The van der Waals surface area contributed by atoms with Crippen molar-refractivity contribution in [2.45, 2.75) is 68.7 Å². The number of hydrogen-bond acceptors (Lipinski definition) is 4. The number of fused-ring (bicyclic) bond motifs is 2. The zero-order chi connectivity index (χ0) is 15.0. The number of rotatable bonds is 4. The van der Waals surface area contributed by atoms with E-state index in [0.29, 0.717) is 5.75 Å². The van der Waals surface area contributed by atoms with Gasteiger partial charge in [0, 0.05) is 5.75 Å². The van der Waals surface area contributed by atoms with E-state index >= 15 is 0 Å². The van der Waals surface area contributed by atoms with Crippen LogP contribution < -0.4 is 5.32 Å². The second-order valence-corrected chi connectivity index (χ2v) is 7.21. The molecule has 5 unspecified atom stereocenters. The van der Waals surface area contributed by atoms with Crippen LogP contribution in [0.4, 0.5) is 4.79 Å². The summed E-state index contributed by atoms with van der Waals surface area (Å²) in [5.74, 6) is -0.443. The van der Waals surface area contributed by atoms with Crippen molar-refractivity contribution in [3.8, 4) is 0 Å². The highest BCUT2D eigenvalue weighted by atomic mass is 32.2. The van der Waals surface area contributed by atoms with Crippen LogP contribution in [0.15, 0.2) is 0 Å². The lowest BCUT2D eigenvalue weighted by atomic mass is 9.96. The van der Waals surface area contributed by atoms with Crippen molar-refractivity contribution in [1.82, 2.24) is 10.2 Å². The van der Waals surface area contributed by atoms with Crippen molar-refractivity contribution < 1.29 is 19.4 Å². The van der Waals surface area contributed by atoms with Gasteiger partial charge in [0.25, 0.3) is 0 Å². The van der Waals surface area contributed by atoms with Crippen molar-refractivity contribution in [1.29, 1.82) is 0 Å². The van der Waals surface area contributed by atoms with Gasteiger partial charge < -0.3 is 15.2 Å². The normalized spacial score (nSPS) is 38.0. The third-order valence-corrected chi connectivity index (χ3v) is 5.92. The molecule has 2 bridgehead atoms. The van der Waals surface area contributed by atoms with Gasteiger partial charge in [-0.25, -0.2) is 9.59 Å². The number of carboxylic acids is 1. The number of carboxylic acid groups (broad SMARTS) is 1. The number of urea groups is 1.